The van der Waals surface area contributed by atoms with Crippen LogP contribution in [0.3, 0.4) is 0 Å². The molecule has 2 aromatic rings. The molecule has 1 N–H and O–H groups in total. The third-order valence-corrected chi connectivity index (χ3v) is 8.07. The Kier molecular flexibility index (Phi) is 6.39. The van der Waals surface area contributed by atoms with Crippen LogP contribution in [0.15, 0.2) is 34.5 Å². The van der Waals surface area contributed by atoms with Crippen molar-refractivity contribution in [2.75, 3.05) is 25.5 Å². The molecule has 1 amide bonds. The van der Waals surface area contributed by atoms with E-state index < -0.39 is 16.0 Å². The maximum absolute atomic E-state index is 12.6. The van der Waals surface area contributed by atoms with Crippen molar-refractivity contribution in [3.63, 3.8) is 0 Å². The number of esters is 1. The van der Waals surface area contributed by atoms with E-state index in [1.807, 2.05) is 0 Å². The fourth-order valence-corrected chi connectivity index (χ4v) is 6.10. The molecule has 1 aromatic carbocycles. The van der Waals surface area contributed by atoms with Crippen LogP contribution in [0.2, 0.25) is 5.02 Å². The number of thiophene rings is 1. The summed E-state index contributed by atoms with van der Waals surface area (Å²) in [5.74, 6) is -0.929. The van der Waals surface area contributed by atoms with E-state index in [1.165, 1.54) is 23.5 Å². The van der Waals surface area contributed by atoms with E-state index in [4.69, 9.17) is 11.6 Å². The smallest absolute Gasteiger partial charge is 0.339 e. The Labute approximate surface area is 172 Å². The van der Waals surface area contributed by atoms with Gasteiger partial charge in [-0.15, -0.1) is 11.3 Å². The van der Waals surface area contributed by atoms with Gasteiger partial charge in [-0.2, -0.15) is 4.31 Å². The first-order chi connectivity index (χ1) is 13.3. The minimum absolute atomic E-state index is 0.0242. The molecule has 0 radical (unpaired) electrons. The molecular weight excluding hydrogens is 424 g/mol. The molecule has 1 saturated heterocycles. The highest BCUT2D eigenvalue weighted by Crippen LogP contribution is 2.28. The van der Waals surface area contributed by atoms with E-state index in [1.54, 1.807) is 18.2 Å². The maximum Gasteiger partial charge on any atom is 0.339 e. The topological polar surface area (TPSA) is 92.8 Å². The molecule has 0 saturated carbocycles. The third kappa shape index (κ3) is 4.54. The highest BCUT2D eigenvalue weighted by Gasteiger charge is 2.28. The first-order valence-corrected chi connectivity index (χ1v) is 11.2. The van der Waals surface area contributed by atoms with Gasteiger partial charge in [-0.3, -0.25) is 4.79 Å². The number of carbonyl (C=O) groups excluding carboxylic acids is 2. The van der Waals surface area contributed by atoms with Gasteiger partial charge >= 0.3 is 5.97 Å². The number of nitrogens with one attached hydrogen (secondary N) is 1. The van der Waals surface area contributed by atoms with Gasteiger partial charge in [0, 0.05) is 23.7 Å². The van der Waals surface area contributed by atoms with E-state index in [9.17, 15) is 18.0 Å². The number of halogens is 1. The van der Waals surface area contributed by atoms with Crippen LogP contribution in [-0.4, -0.2) is 44.8 Å². The zero-order valence-electron chi connectivity index (χ0n) is 15.1. The van der Waals surface area contributed by atoms with E-state index in [-0.39, 0.29) is 27.1 Å². The number of nitrogens with zero attached hydrogens (tertiary/aromatic N) is 1. The van der Waals surface area contributed by atoms with E-state index in [0.717, 1.165) is 24.2 Å². The van der Waals surface area contributed by atoms with Crippen molar-refractivity contribution < 1.29 is 22.7 Å². The molecule has 1 fully saturated rings. The van der Waals surface area contributed by atoms with Gasteiger partial charge in [0.25, 0.3) is 10.0 Å². The summed E-state index contributed by atoms with van der Waals surface area (Å²) in [6.45, 7) is 1.07. The molecule has 0 atom stereocenters. The summed E-state index contributed by atoms with van der Waals surface area (Å²) in [7, 11) is -2.24. The average molecular weight is 443 g/mol. The molecule has 1 aliphatic heterocycles. The van der Waals surface area contributed by atoms with Crippen LogP contribution in [0, 0.1) is 0 Å². The molecule has 2 heterocycles. The molecule has 3 rings (SSSR count). The standard InChI is InChI=1S/C18H19ClN2O5S2/c1-26-18(23)14-10-12(4-6-15(14)19)20-16(22)11-13-5-7-17(27-13)28(24,25)21-8-2-3-9-21/h4-7,10H,2-3,8-9,11H2,1H3,(H,20,22). The van der Waals surface area contributed by atoms with Gasteiger partial charge in [-0.1, -0.05) is 11.6 Å². The van der Waals surface area contributed by atoms with Crippen LogP contribution in [0.4, 0.5) is 5.69 Å². The van der Waals surface area contributed by atoms with E-state index in [0.29, 0.717) is 23.7 Å². The molecule has 28 heavy (non-hydrogen) atoms. The van der Waals surface area contributed by atoms with Crippen LogP contribution < -0.4 is 5.32 Å². The number of amides is 1. The van der Waals surface area contributed by atoms with Crippen LogP contribution in [0.1, 0.15) is 28.1 Å². The lowest BCUT2D eigenvalue weighted by molar-refractivity contribution is -0.115. The lowest BCUT2D eigenvalue weighted by atomic mass is 10.2. The van der Waals surface area contributed by atoms with Crippen molar-refractivity contribution in [2.45, 2.75) is 23.5 Å². The molecule has 10 heteroatoms. The van der Waals surface area contributed by atoms with Gasteiger partial charge in [-0.05, 0) is 43.2 Å². The van der Waals surface area contributed by atoms with Gasteiger partial charge in [0.2, 0.25) is 5.91 Å². The third-order valence-electron chi connectivity index (χ3n) is 4.29. The van der Waals surface area contributed by atoms with Crippen LogP contribution in [0.25, 0.3) is 0 Å². The number of carbonyl (C=O) groups is 2. The normalized spacial score (nSPS) is 14.8. The van der Waals surface area contributed by atoms with E-state index >= 15 is 0 Å². The molecule has 1 aliphatic rings. The fourth-order valence-electron chi connectivity index (χ4n) is 2.88. The highest BCUT2D eigenvalue weighted by molar-refractivity contribution is 7.91. The number of sulfonamides is 1. The monoisotopic (exact) mass is 442 g/mol. The zero-order valence-corrected chi connectivity index (χ0v) is 17.5. The molecule has 0 bridgehead atoms. The molecule has 0 aliphatic carbocycles. The second-order valence-electron chi connectivity index (χ2n) is 6.24. The number of methoxy groups -OCH3 is 1. The Morgan fingerprint density at radius 3 is 2.61 bits per heavy atom. The Morgan fingerprint density at radius 1 is 1.21 bits per heavy atom. The maximum atomic E-state index is 12.6. The van der Waals surface area contributed by atoms with Crippen molar-refractivity contribution in [2.24, 2.45) is 0 Å². The molecule has 0 spiro atoms. The number of ether oxygens (including phenoxy) is 1. The van der Waals surface area contributed by atoms with Crippen molar-refractivity contribution in [1.29, 1.82) is 0 Å². The highest BCUT2D eigenvalue weighted by atomic mass is 35.5. The van der Waals surface area contributed by atoms with Crippen LogP contribution in [0.5, 0.6) is 0 Å². The van der Waals surface area contributed by atoms with Gasteiger partial charge < -0.3 is 10.1 Å². The van der Waals surface area contributed by atoms with Gasteiger partial charge in [0.15, 0.2) is 0 Å². The Morgan fingerprint density at radius 2 is 1.93 bits per heavy atom. The molecule has 0 unspecified atom stereocenters. The quantitative estimate of drug-likeness (QED) is 0.693. The number of rotatable bonds is 6. The lowest BCUT2D eigenvalue weighted by Gasteiger charge is -2.13. The molecule has 150 valence electrons. The van der Waals surface area contributed by atoms with Crippen molar-refractivity contribution in [1.82, 2.24) is 4.31 Å². The number of benzene rings is 1. The largest absolute Gasteiger partial charge is 0.465 e. The molecule has 1 aromatic heterocycles. The fraction of sp³-hybridized carbons (Fsp3) is 0.333. The van der Waals surface area contributed by atoms with Crippen LogP contribution >= 0.6 is 22.9 Å². The second-order valence-corrected chi connectivity index (χ2v) is 9.98. The molecule has 7 nitrogen and oxygen atoms in total. The summed E-state index contributed by atoms with van der Waals surface area (Å²) in [6.07, 6.45) is 1.76. The number of hydrogen-bond donors (Lipinski definition) is 1. The minimum atomic E-state index is -3.48. The van der Waals surface area contributed by atoms with Gasteiger partial charge in [-0.25, -0.2) is 13.2 Å². The van der Waals surface area contributed by atoms with Crippen molar-refractivity contribution in [3.8, 4) is 0 Å². The van der Waals surface area contributed by atoms with Crippen LogP contribution in [-0.2, 0) is 26.0 Å². The lowest BCUT2D eigenvalue weighted by Crippen LogP contribution is -2.27. The average Bonchev–Trinajstić information content (AvgIpc) is 3.35. The zero-order chi connectivity index (χ0) is 20.3. The second kappa shape index (κ2) is 8.60. The summed E-state index contributed by atoms with van der Waals surface area (Å²) in [5, 5.41) is 2.90. The summed E-state index contributed by atoms with van der Waals surface area (Å²) in [5.41, 5.74) is 0.549. The van der Waals surface area contributed by atoms with Crippen molar-refractivity contribution in [3.05, 3.63) is 45.8 Å². The Hall–Kier alpha value is -1.94. The predicted molar refractivity (Wildman–Crippen MR) is 107 cm³/mol. The number of hydrogen-bond acceptors (Lipinski definition) is 6. The summed E-state index contributed by atoms with van der Waals surface area (Å²) in [6, 6.07) is 7.69. The number of anilines is 1. The summed E-state index contributed by atoms with van der Waals surface area (Å²) in [4.78, 5) is 24.6. The first kappa shape index (κ1) is 20.8. The first-order valence-electron chi connectivity index (χ1n) is 8.58. The summed E-state index contributed by atoms with van der Waals surface area (Å²) < 4.78 is 31.5. The Balaban J connectivity index is 1.68. The summed E-state index contributed by atoms with van der Waals surface area (Å²) >= 11 is 7.06. The predicted octanol–water partition coefficient (Wildman–Crippen LogP) is 3.15. The van der Waals surface area contributed by atoms with Gasteiger partial charge in [0.1, 0.15) is 4.21 Å². The van der Waals surface area contributed by atoms with Gasteiger partial charge in [0.05, 0.1) is 24.1 Å². The molecular formula is C18H19ClN2O5S2. The van der Waals surface area contributed by atoms with Crippen molar-refractivity contribution >= 4 is 50.5 Å². The Bertz CT molecular complexity index is 997. The SMILES string of the molecule is COC(=O)c1cc(NC(=O)Cc2ccc(S(=O)(=O)N3CCCC3)s2)ccc1Cl. The van der Waals surface area contributed by atoms with E-state index in [2.05, 4.69) is 10.1 Å². The minimum Gasteiger partial charge on any atom is -0.465 e.